The fraction of sp³-hybridized carbons (Fsp3) is 0.900. The Balaban J connectivity index is 2.21. The standard InChI is InChI=1S/C10H22N4S/c1-11-10(15)14-8-6-13(7-9-14)5-4-12(2)3/h4-9H2,1-3H3,(H,11,15). The molecule has 0 spiro atoms. The summed E-state index contributed by atoms with van der Waals surface area (Å²) in [5.41, 5.74) is 0. The zero-order chi connectivity index (χ0) is 11.3. The Morgan fingerprint density at radius 3 is 2.33 bits per heavy atom. The van der Waals surface area contributed by atoms with Gasteiger partial charge in [0.25, 0.3) is 0 Å². The molecule has 0 saturated carbocycles. The average molecular weight is 230 g/mol. The summed E-state index contributed by atoms with van der Waals surface area (Å²) in [5, 5.41) is 3.91. The number of rotatable bonds is 3. The number of piperazine rings is 1. The normalized spacial score (nSPS) is 18.3. The second-order valence-corrected chi connectivity index (χ2v) is 4.57. The van der Waals surface area contributed by atoms with Crippen LogP contribution in [0.2, 0.25) is 0 Å². The Hall–Kier alpha value is -0.390. The molecule has 5 heteroatoms. The van der Waals surface area contributed by atoms with E-state index in [2.05, 4.69) is 34.1 Å². The molecule has 0 aromatic rings. The molecule has 1 N–H and O–H groups in total. The minimum atomic E-state index is 0.877. The quantitative estimate of drug-likeness (QED) is 0.669. The van der Waals surface area contributed by atoms with Gasteiger partial charge in [0.2, 0.25) is 0 Å². The lowest BCUT2D eigenvalue weighted by molar-refractivity contribution is 0.169. The van der Waals surface area contributed by atoms with Crippen LogP contribution in [0.1, 0.15) is 0 Å². The molecule has 0 radical (unpaired) electrons. The first-order valence-electron chi connectivity index (χ1n) is 5.47. The monoisotopic (exact) mass is 230 g/mol. The van der Waals surface area contributed by atoms with Crippen molar-refractivity contribution in [3.8, 4) is 0 Å². The molecule has 88 valence electrons. The van der Waals surface area contributed by atoms with E-state index in [1.165, 1.54) is 0 Å². The summed E-state index contributed by atoms with van der Waals surface area (Å²) >= 11 is 5.21. The van der Waals surface area contributed by atoms with Crippen LogP contribution in [0.5, 0.6) is 0 Å². The van der Waals surface area contributed by atoms with Gasteiger partial charge in [-0.3, -0.25) is 4.90 Å². The summed E-state index contributed by atoms with van der Waals surface area (Å²) in [6.45, 7) is 6.63. The van der Waals surface area contributed by atoms with E-state index < -0.39 is 0 Å². The van der Waals surface area contributed by atoms with Gasteiger partial charge >= 0.3 is 0 Å². The van der Waals surface area contributed by atoms with Crippen molar-refractivity contribution in [1.29, 1.82) is 0 Å². The van der Waals surface area contributed by atoms with Crippen molar-refractivity contribution in [1.82, 2.24) is 20.0 Å². The predicted molar refractivity (Wildman–Crippen MR) is 68.2 cm³/mol. The predicted octanol–water partition coefficient (Wildman–Crippen LogP) is -0.330. The summed E-state index contributed by atoms with van der Waals surface area (Å²) in [6.07, 6.45) is 0. The van der Waals surface area contributed by atoms with E-state index in [0.717, 1.165) is 44.4 Å². The molecule has 0 aromatic heterocycles. The summed E-state index contributed by atoms with van der Waals surface area (Å²) < 4.78 is 0. The van der Waals surface area contributed by atoms with Crippen molar-refractivity contribution < 1.29 is 0 Å². The van der Waals surface area contributed by atoms with Gasteiger partial charge in [0.1, 0.15) is 0 Å². The average Bonchev–Trinajstić information content (AvgIpc) is 2.26. The van der Waals surface area contributed by atoms with E-state index in [1.807, 2.05) is 7.05 Å². The molecule has 0 aromatic carbocycles. The van der Waals surface area contributed by atoms with E-state index in [1.54, 1.807) is 0 Å². The Kier molecular flexibility index (Phi) is 5.28. The first-order chi connectivity index (χ1) is 7.13. The highest BCUT2D eigenvalue weighted by molar-refractivity contribution is 7.80. The van der Waals surface area contributed by atoms with Crippen LogP contribution in [0, 0.1) is 0 Å². The lowest BCUT2D eigenvalue weighted by Crippen LogP contribution is -2.52. The van der Waals surface area contributed by atoms with Crippen LogP contribution in [-0.2, 0) is 0 Å². The number of hydrogen-bond donors (Lipinski definition) is 1. The van der Waals surface area contributed by atoms with E-state index in [0.29, 0.717) is 0 Å². The van der Waals surface area contributed by atoms with Gasteiger partial charge in [0.05, 0.1) is 0 Å². The van der Waals surface area contributed by atoms with Crippen molar-refractivity contribution in [2.75, 3.05) is 60.4 Å². The summed E-state index contributed by atoms with van der Waals surface area (Å²) in [4.78, 5) is 6.96. The van der Waals surface area contributed by atoms with Gasteiger partial charge in [-0.2, -0.15) is 0 Å². The Morgan fingerprint density at radius 1 is 1.27 bits per heavy atom. The third-order valence-electron chi connectivity index (χ3n) is 2.74. The van der Waals surface area contributed by atoms with Crippen molar-refractivity contribution in [2.45, 2.75) is 0 Å². The topological polar surface area (TPSA) is 21.8 Å². The molecule has 1 heterocycles. The fourth-order valence-electron chi connectivity index (χ4n) is 1.67. The van der Waals surface area contributed by atoms with Gasteiger partial charge in [-0.05, 0) is 26.3 Å². The van der Waals surface area contributed by atoms with Crippen molar-refractivity contribution in [3.05, 3.63) is 0 Å². The van der Waals surface area contributed by atoms with E-state index in [-0.39, 0.29) is 0 Å². The molecule has 0 amide bonds. The molecule has 0 atom stereocenters. The first kappa shape index (κ1) is 12.7. The lowest BCUT2D eigenvalue weighted by atomic mass is 10.3. The summed E-state index contributed by atoms with van der Waals surface area (Å²) in [7, 11) is 6.12. The Labute approximate surface area is 98.2 Å². The summed E-state index contributed by atoms with van der Waals surface area (Å²) in [6, 6.07) is 0. The molecule has 15 heavy (non-hydrogen) atoms. The summed E-state index contributed by atoms with van der Waals surface area (Å²) in [5.74, 6) is 0. The molecule has 1 rings (SSSR count). The number of nitrogens with zero attached hydrogens (tertiary/aromatic N) is 3. The number of likely N-dealkylation sites (N-methyl/N-ethyl adjacent to an activating group) is 1. The molecule has 4 nitrogen and oxygen atoms in total. The highest BCUT2D eigenvalue weighted by Crippen LogP contribution is 2.01. The van der Waals surface area contributed by atoms with Gasteiger partial charge < -0.3 is 15.1 Å². The molecular weight excluding hydrogens is 208 g/mol. The maximum Gasteiger partial charge on any atom is 0.168 e. The molecule has 0 unspecified atom stereocenters. The molecule has 1 aliphatic rings. The zero-order valence-corrected chi connectivity index (χ0v) is 10.8. The largest absolute Gasteiger partial charge is 0.366 e. The van der Waals surface area contributed by atoms with Crippen LogP contribution in [0.15, 0.2) is 0 Å². The van der Waals surface area contributed by atoms with Gasteiger partial charge in [0, 0.05) is 46.3 Å². The maximum absolute atomic E-state index is 5.21. The molecular formula is C10H22N4S. The number of thiocarbonyl (C=S) groups is 1. The van der Waals surface area contributed by atoms with Gasteiger partial charge in [0.15, 0.2) is 5.11 Å². The van der Waals surface area contributed by atoms with Crippen molar-refractivity contribution in [3.63, 3.8) is 0 Å². The third kappa shape index (κ3) is 4.32. The van der Waals surface area contributed by atoms with E-state index in [4.69, 9.17) is 12.2 Å². The van der Waals surface area contributed by atoms with Gasteiger partial charge in [-0.15, -0.1) is 0 Å². The minimum absolute atomic E-state index is 0.877. The second-order valence-electron chi connectivity index (χ2n) is 4.19. The Bertz CT molecular complexity index is 200. The van der Waals surface area contributed by atoms with Crippen LogP contribution in [0.4, 0.5) is 0 Å². The van der Waals surface area contributed by atoms with Gasteiger partial charge in [-0.25, -0.2) is 0 Å². The fourth-order valence-corrected chi connectivity index (χ4v) is 1.86. The second kappa shape index (κ2) is 6.25. The van der Waals surface area contributed by atoms with Crippen LogP contribution < -0.4 is 5.32 Å². The number of hydrogen-bond acceptors (Lipinski definition) is 3. The zero-order valence-electron chi connectivity index (χ0n) is 9.99. The first-order valence-corrected chi connectivity index (χ1v) is 5.88. The lowest BCUT2D eigenvalue weighted by Gasteiger charge is -2.36. The highest BCUT2D eigenvalue weighted by atomic mass is 32.1. The third-order valence-corrected chi connectivity index (χ3v) is 3.20. The molecule has 1 aliphatic heterocycles. The van der Waals surface area contributed by atoms with Crippen LogP contribution >= 0.6 is 12.2 Å². The smallest absolute Gasteiger partial charge is 0.168 e. The highest BCUT2D eigenvalue weighted by Gasteiger charge is 2.17. The van der Waals surface area contributed by atoms with Gasteiger partial charge in [-0.1, -0.05) is 0 Å². The van der Waals surface area contributed by atoms with Crippen molar-refractivity contribution >= 4 is 17.3 Å². The molecule has 0 aliphatic carbocycles. The maximum atomic E-state index is 5.21. The van der Waals surface area contributed by atoms with Crippen LogP contribution in [0.3, 0.4) is 0 Å². The Morgan fingerprint density at radius 2 is 1.87 bits per heavy atom. The van der Waals surface area contributed by atoms with E-state index >= 15 is 0 Å². The van der Waals surface area contributed by atoms with Crippen LogP contribution in [0.25, 0.3) is 0 Å². The molecule has 1 fully saturated rings. The SMILES string of the molecule is CNC(=S)N1CCN(CCN(C)C)CC1. The molecule has 1 saturated heterocycles. The molecule has 0 bridgehead atoms. The minimum Gasteiger partial charge on any atom is -0.366 e. The van der Waals surface area contributed by atoms with E-state index in [9.17, 15) is 0 Å². The van der Waals surface area contributed by atoms with Crippen LogP contribution in [-0.4, -0.2) is 80.2 Å². The van der Waals surface area contributed by atoms with Crippen molar-refractivity contribution in [2.24, 2.45) is 0 Å². The number of nitrogens with one attached hydrogen (secondary N) is 1.